The van der Waals surface area contributed by atoms with Gasteiger partial charge in [-0.15, -0.1) is 21.5 Å². The van der Waals surface area contributed by atoms with E-state index in [0.29, 0.717) is 15.3 Å². The fourth-order valence-electron chi connectivity index (χ4n) is 1.10. The Morgan fingerprint density at radius 2 is 2.18 bits per heavy atom. The van der Waals surface area contributed by atoms with E-state index in [1.54, 1.807) is 6.20 Å². The first-order chi connectivity index (χ1) is 8.19. The molecule has 0 radical (unpaired) electrons. The van der Waals surface area contributed by atoms with Gasteiger partial charge in [-0.3, -0.25) is 10.1 Å². The van der Waals surface area contributed by atoms with Crippen LogP contribution >= 0.6 is 22.7 Å². The molecule has 17 heavy (non-hydrogen) atoms. The van der Waals surface area contributed by atoms with Gasteiger partial charge in [-0.2, -0.15) is 0 Å². The van der Waals surface area contributed by atoms with Crippen molar-refractivity contribution in [2.75, 3.05) is 17.2 Å². The number of nitrogens with one attached hydrogen (secondary N) is 2. The van der Waals surface area contributed by atoms with E-state index in [0.717, 1.165) is 11.4 Å². The number of thiazole rings is 1. The van der Waals surface area contributed by atoms with Gasteiger partial charge in [0.2, 0.25) is 10.1 Å². The van der Waals surface area contributed by atoms with Crippen molar-refractivity contribution in [2.24, 2.45) is 0 Å². The molecule has 0 bridgehead atoms. The normalized spacial score (nSPS) is 10.2. The lowest BCUT2D eigenvalue weighted by atomic mass is 10.6. The summed E-state index contributed by atoms with van der Waals surface area (Å²) in [5.74, 6) is -0.277. The van der Waals surface area contributed by atoms with Crippen LogP contribution in [-0.4, -0.2) is 27.6 Å². The number of hydrogen-bond acceptors (Lipinski definition) is 7. The van der Waals surface area contributed by atoms with Crippen LogP contribution < -0.4 is 10.6 Å². The second-order valence-electron chi connectivity index (χ2n) is 3.17. The summed E-state index contributed by atoms with van der Waals surface area (Å²) in [5.41, 5.74) is 0. The number of carbonyl (C=O) groups is 1. The lowest BCUT2D eigenvalue weighted by Crippen LogP contribution is -2.11. The molecule has 0 aliphatic heterocycles. The Morgan fingerprint density at radius 3 is 2.82 bits per heavy atom. The predicted octanol–water partition coefficient (Wildman–Crippen LogP) is 1.99. The molecule has 2 rings (SSSR count). The highest BCUT2D eigenvalue weighted by Crippen LogP contribution is 2.19. The quantitative estimate of drug-likeness (QED) is 0.887. The van der Waals surface area contributed by atoms with Crippen LogP contribution in [0.2, 0.25) is 0 Å². The topological polar surface area (TPSA) is 79.8 Å². The van der Waals surface area contributed by atoms with Gasteiger partial charge in [0.1, 0.15) is 0 Å². The summed E-state index contributed by atoms with van der Waals surface area (Å²) < 4.78 is 0. The van der Waals surface area contributed by atoms with Gasteiger partial charge >= 0.3 is 0 Å². The van der Waals surface area contributed by atoms with Gasteiger partial charge in [-0.05, 0) is 13.8 Å². The van der Waals surface area contributed by atoms with E-state index in [9.17, 15) is 4.79 Å². The van der Waals surface area contributed by atoms with E-state index < -0.39 is 0 Å². The van der Waals surface area contributed by atoms with Crippen LogP contribution in [-0.2, 0) is 0 Å². The van der Waals surface area contributed by atoms with Gasteiger partial charge in [0.25, 0.3) is 5.91 Å². The van der Waals surface area contributed by atoms with Crippen LogP contribution in [0.1, 0.15) is 21.6 Å². The molecule has 0 unspecified atom stereocenters. The predicted molar refractivity (Wildman–Crippen MR) is 68.9 cm³/mol. The van der Waals surface area contributed by atoms with Crippen molar-refractivity contribution >= 4 is 38.8 Å². The molecule has 0 aliphatic carbocycles. The lowest BCUT2D eigenvalue weighted by molar-refractivity contribution is 0.102. The van der Waals surface area contributed by atoms with Gasteiger partial charge < -0.3 is 5.32 Å². The molecule has 2 aromatic rings. The SMILES string of the molecule is CCNc1nnc(C(=O)Nc2ncc(C)s2)s1. The van der Waals surface area contributed by atoms with Crippen molar-refractivity contribution in [3.8, 4) is 0 Å². The molecule has 6 nitrogen and oxygen atoms in total. The molecule has 0 fully saturated rings. The van der Waals surface area contributed by atoms with Gasteiger partial charge in [0.05, 0.1) is 0 Å². The van der Waals surface area contributed by atoms with Crippen LogP contribution in [0, 0.1) is 6.92 Å². The summed E-state index contributed by atoms with van der Waals surface area (Å²) in [5, 5.41) is 14.9. The van der Waals surface area contributed by atoms with Crippen molar-refractivity contribution in [3.05, 3.63) is 16.1 Å². The summed E-state index contributed by atoms with van der Waals surface area (Å²) in [4.78, 5) is 16.9. The minimum absolute atomic E-state index is 0.277. The zero-order valence-electron chi connectivity index (χ0n) is 9.35. The van der Waals surface area contributed by atoms with Crippen LogP contribution in [0.4, 0.5) is 10.3 Å². The van der Waals surface area contributed by atoms with Crippen LogP contribution in [0.25, 0.3) is 0 Å². The summed E-state index contributed by atoms with van der Waals surface area (Å²) in [7, 11) is 0. The molecule has 0 aliphatic rings. The van der Waals surface area contributed by atoms with E-state index in [4.69, 9.17) is 0 Å². The smallest absolute Gasteiger partial charge is 0.288 e. The third-order valence-electron chi connectivity index (χ3n) is 1.79. The number of hydrogen-bond donors (Lipinski definition) is 2. The maximum atomic E-state index is 11.8. The molecule has 1 amide bonds. The molecular weight excluding hydrogens is 258 g/mol. The first-order valence-electron chi connectivity index (χ1n) is 5.00. The summed E-state index contributed by atoms with van der Waals surface area (Å²) >= 11 is 2.65. The fourth-order valence-corrected chi connectivity index (χ4v) is 2.47. The number of amides is 1. The number of aryl methyl sites for hydroxylation is 1. The fraction of sp³-hybridized carbons (Fsp3) is 0.333. The highest BCUT2D eigenvalue weighted by molar-refractivity contribution is 7.17. The minimum Gasteiger partial charge on any atom is -0.360 e. The number of anilines is 2. The van der Waals surface area contributed by atoms with E-state index in [1.165, 1.54) is 22.7 Å². The van der Waals surface area contributed by atoms with Gasteiger partial charge in [-0.1, -0.05) is 11.3 Å². The molecule has 8 heteroatoms. The molecular formula is C9H11N5OS2. The Morgan fingerprint density at radius 1 is 1.35 bits per heavy atom. The Balaban J connectivity index is 2.03. The third-order valence-corrected chi connectivity index (χ3v) is 3.50. The summed E-state index contributed by atoms with van der Waals surface area (Å²) in [6.07, 6.45) is 1.71. The monoisotopic (exact) mass is 269 g/mol. The zero-order chi connectivity index (χ0) is 12.3. The molecule has 0 saturated heterocycles. The molecule has 2 N–H and O–H groups in total. The molecule has 0 aromatic carbocycles. The lowest BCUT2D eigenvalue weighted by Gasteiger charge is -1.95. The maximum absolute atomic E-state index is 11.8. The second-order valence-corrected chi connectivity index (χ2v) is 5.39. The van der Waals surface area contributed by atoms with Crippen LogP contribution in [0.3, 0.4) is 0 Å². The Kier molecular flexibility index (Phi) is 3.64. The molecule has 0 spiro atoms. The highest BCUT2D eigenvalue weighted by atomic mass is 32.1. The third kappa shape index (κ3) is 2.98. The molecule has 0 saturated carbocycles. The van der Waals surface area contributed by atoms with E-state index in [-0.39, 0.29) is 5.91 Å². The summed E-state index contributed by atoms with van der Waals surface area (Å²) in [6, 6.07) is 0. The van der Waals surface area contributed by atoms with Crippen molar-refractivity contribution in [1.82, 2.24) is 15.2 Å². The van der Waals surface area contributed by atoms with Crippen molar-refractivity contribution in [2.45, 2.75) is 13.8 Å². The van der Waals surface area contributed by atoms with E-state index >= 15 is 0 Å². The zero-order valence-corrected chi connectivity index (χ0v) is 11.0. The van der Waals surface area contributed by atoms with Gasteiger partial charge in [0.15, 0.2) is 5.13 Å². The van der Waals surface area contributed by atoms with Crippen LogP contribution in [0.15, 0.2) is 6.20 Å². The molecule has 2 heterocycles. The summed E-state index contributed by atoms with van der Waals surface area (Å²) in [6.45, 7) is 4.64. The first-order valence-corrected chi connectivity index (χ1v) is 6.63. The standard InChI is InChI=1S/C9H11N5OS2/c1-3-10-9-14-13-7(17-9)6(15)12-8-11-4-5(2)16-8/h4H,3H2,1-2H3,(H,10,14)(H,11,12,15). The number of rotatable bonds is 4. The van der Waals surface area contributed by atoms with Crippen molar-refractivity contribution in [3.63, 3.8) is 0 Å². The van der Waals surface area contributed by atoms with E-state index in [1.807, 2.05) is 13.8 Å². The highest BCUT2D eigenvalue weighted by Gasteiger charge is 2.13. The Bertz CT molecular complexity index is 521. The largest absolute Gasteiger partial charge is 0.360 e. The maximum Gasteiger partial charge on any atom is 0.288 e. The average Bonchev–Trinajstić information content (AvgIpc) is 2.88. The number of carbonyl (C=O) groups excluding carboxylic acids is 1. The Hall–Kier alpha value is -1.54. The van der Waals surface area contributed by atoms with Gasteiger partial charge in [-0.25, -0.2) is 4.98 Å². The Labute approximate surface area is 106 Å². The molecule has 0 atom stereocenters. The first kappa shape index (κ1) is 11.9. The van der Waals surface area contributed by atoms with Crippen LogP contribution in [0.5, 0.6) is 0 Å². The second kappa shape index (κ2) is 5.19. The molecule has 2 aromatic heterocycles. The minimum atomic E-state index is -0.277. The number of aromatic nitrogens is 3. The van der Waals surface area contributed by atoms with Crippen molar-refractivity contribution < 1.29 is 4.79 Å². The average molecular weight is 269 g/mol. The van der Waals surface area contributed by atoms with E-state index in [2.05, 4.69) is 25.8 Å². The van der Waals surface area contributed by atoms with Gasteiger partial charge in [0, 0.05) is 17.6 Å². The number of nitrogens with zero attached hydrogens (tertiary/aromatic N) is 3. The molecule has 90 valence electrons. The van der Waals surface area contributed by atoms with Crippen molar-refractivity contribution in [1.29, 1.82) is 0 Å².